The topological polar surface area (TPSA) is 47.3 Å². The van der Waals surface area contributed by atoms with Gasteiger partial charge in [-0.25, -0.2) is 4.98 Å². The molecule has 1 aliphatic heterocycles. The highest BCUT2D eigenvalue weighted by Gasteiger charge is 2.17. The van der Waals surface area contributed by atoms with Crippen LogP contribution in [0.1, 0.15) is 36.4 Å². The van der Waals surface area contributed by atoms with Gasteiger partial charge in [0.1, 0.15) is 11.6 Å². The average Bonchev–Trinajstić information content (AvgIpc) is 3.07. The molecule has 1 aromatic carbocycles. The van der Waals surface area contributed by atoms with Crippen LogP contribution in [-0.4, -0.2) is 21.3 Å². The van der Waals surface area contributed by atoms with E-state index in [1.807, 2.05) is 18.3 Å². The number of nitrogens with zero attached hydrogens (tertiary/aromatic N) is 2. The minimum absolute atomic E-state index is 0.515. The molecular weight excluding hydrogens is 252 g/mol. The molecule has 0 spiro atoms. The third-order valence-corrected chi connectivity index (χ3v) is 3.74. The number of aliphatic hydroxyl groups is 1. The second kappa shape index (κ2) is 5.67. The van der Waals surface area contributed by atoms with Crippen molar-refractivity contribution in [3.63, 3.8) is 0 Å². The Kier molecular flexibility index (Phi) is 3.74. The minimum atomic E-state index is -0.515. The zero-order chi connectivity index (χ0) is 13.9. The molecule has 20 heavy (non-hydrogen) atoms. The van der Waals surface area contributed by atoms with E-state index in [1.54, 1.807) is 6.20 Å². The van der Waals surface area contributed by atoms with Crippen LogP contribution in [-0.2, 0) is 19.4 Å². The van der Waals surface area contributed by atoms with E-state index in [1.165, 1.54) is 5.56 Å². The van der Waals surface area contributed by atoms with Crippen LogP contribution in [0.25, 0.3) is 0 Å². The molecule has 0 saturated heterocycles. The number of fused-ring (bicyclic) bond motifs is 1. The first-order valence-corrected chi connectivity index (χ1v) is 7.21. The van der Waals surface area contributed by atoms with Crippen LogP contribution in [0.4, 0.5) is 0 Å². The van der Waals surface area contributed by atoms with Gasteiger partial charge in [-0.3, -0.25) is 0 Å². The predicted molar refractivity (Wildman–Crippen MR) is 76.8 cm³/mol. The maximum absolute atomic E-state index is 10.4. The van der Waals surface area contributed by atoms with Crippen molar-refractivity contribution in [3.05, 3.63) is 47.5 Å². The number of ether oxygens (including phenoxy) is 1. The van der Waals surface area contributed by atoms with E-state index in [2.05, 4.69) is 22.5 Å². The Morgan fingerprint density at radius 2 is 2.35 bits per heavy atom. The lowest BCUT2D eigenvalue weighted by atomic mass is 10.0. The van der Waals surface area contributed by atoms with Gasteiger partial charge >= 0.3 is 0 Å². The Hall–Kier alpha value is -1.81. The van der Waals surface area contributed by atoms with Gasteiger partial charge in [-0.1, -0.05) is 13.0 Å². The minimum Gasteiger partial charge on any atom is -0.493 e. The van der Waals surface area contributed by atoms with Crippen LogP contribution >= 0.6 is 0 Å². The van der Waals surface area contributed by atoms with Crippen molar-refractivity contribution in [2.24, 2.45) is 0 Å². The van der Waals surface area contributed by atoms with Crippen LogP contribution in [0.2, 0.25) is 0 Å². The first kappa shape index (κ1) is 13.2. The molecule has 2 heterocycles. The zero-order valence-electron chi connectivity index (χ0n) is 11.7. The van der Waals surface area contributed by atoms with Gasteiger partial charge < -0.3 is 14.4 Å². The number of benzene rings is 1. The van der Waals surface area contributed by atoms with E-state index in [0.717, 1.165) is 43.1 Å². The summed E-state index contributed by atoms with van der Waals surface area (Å²) in [5.74, 6) is 1.89. The summed E-state index contributed by atoms with van der Waals surface area (Å²) >= 11 is 0. The molecular formula is C16H20N2O2. The molecule has 1 aliphatic rings. The Balaban J connectivity index is 1.75. The van der Waals surface area contributed by atoms with E-state index in [0.29, 0.717) is 6.42 Å². The van der Waals surface area contributed by atoms with Crippen molar-refractivity contribution in [2.45, 2.75) is 38.8 Å². The number of aromatic nitrogens is 2. The largest absolute Gasteiger partial charge is 0.493 e. The molecule has 0 bridgehead atoms. The molecule has 4 nitrogen and oxygen atoms in total. The van der Waals surface area contributed by atoms with E-state index in [9.17, 15) is 5.11 Å². The van der Waals surface area contributed by atoms with Gasteiger partial charge in [0.05, 0.1) is 12.7 Å². The number of aliphatic hydroxyl groups excluding tert-OH is 1. The van der Waals surface area contributed by atoms with E-state index in [-0.39, 0.29) is 0 Å². The lowest BCUT2D eigenvalue weighted by Crippen LogP contribution is -2.09. The molecule has 4 heteroatoms. The van der Waals surface area contributed by atoms with Crippen molar-refractivity contribution in [1.82, 2.24) is 9.55 Å². The Labute approximate surface area is 119 Å². The number of hydrogen-bond donors (Lipinski definition) is 1. The van der Waals surface area contributed by atoms with E-state index < -0.39 is 6.10 Å². The second-order valence-corrected chi connectivity index (χ2v) is 5.22. The summed E-state index contributed by atoms with van der Waals surface area (Å²) in [6, 6.07) is 5.96. The van der Waals surface area contributed by atoms with Crippen LogP contribution < -0.4 is 4.74 Å². The van der Waals surface area contributed by atoms with Gasteiger partial charge in [-0.15, -0.1) is 0 Å². The Bertz CT molecular complexity index is 592. The lowest BCUT2D eigenvalue weighted by Gasteiger charge is -2.13. The molecule has 2 aromatic rings. The highest BCUT2D eigenvalue weighted by molar-refractivity contribution is 5.40. The van der Waals surface area contributed by atoms with Crippen LogP contribution in [0.5, 0.6) is 5.75 Å². The van der Waals surface area contributed by atoms with Gasteiger partial charge in [0.15, 0.2) is 0 Å². The van der Waals surface area contributed by atoms with Crippen molar-refractivity contribution in [3.8, 4) is 5.75 Å². The van der Waals surface area contributed by atoms with Gasteiger partial charge in [0.2, 0.25) is 0 Å². The number of aryl methyl sites for hydroxylation is 1. The lowest BCUT2D eigenvalue weighted by molar-refractivity contribution is 0.174. The first-order valence-electron chi connectivity index (χ1n) is 7.21. The summed E-state index contributed by atoms with van der Waals surface area (Å²) in [6.07, 6.45) is 5.80. The highest BCUT2D eigenvalue weighted by atomic mass is 16.5. The van der Waals surface area contributed by atoms with Crippen molar-refractivity contribution < 1.29 is 9.84 Å². The Morgan fingerprint density at radius 1 is 1.45 bits per heavy atom. The second-order valence-electron chi connectivity index (χ2n) is 5.22. The fourth-order valence-electron chi connectivity index (χ4n) is 2.68. The van der Waals surface area contributed by atoms with Crippen molar-refractivity contribution in [1.29, 1.82) is 0 Å². The zero-order valence-corrected chi connectivity index (χ0v) is 11.7. The molecule has 3 rings (SSSR count). The molecule has 0 saturated carbocycles. The van der Waals surface area contributed by atoms with Crippen molar-refractivity contribution in [2.75, 3.05) is 6.61 Å². The van der Waals surface area contributed by atoms with E-state index >= 15 is 0 Å². The summed E-state index contributed by atoms with van der Waals surface area (Å²) in [4.78, 5) is 4.35. The SMILES string of the molecule is CCCn1ccnc1CC(O)c1ccc2c(c1)CCO2. The third kappa shape index (κ3) is 2.56. The van der Waals surface area contributed by atoms with Crippen molar-refractivity contribution >= 4 is 0 Å². The fourth-order valence-corrected chi connectivity index (χ4v) is 2.68. The molecule has 1 unspecified atom stereocenters. The number of imidazole rings is 1. The van der Waals surface area contributed by atoms with Crippen LogP contribution in [0, 0.1) is 0 Å². The molecule has 1 atom stereocenters. The monoisotopic (exact) mass is 272 g/mol. The average molecular weight is 272 g/mol. The molecule has 0 fully saturated rings. The predicted octanol–water partition coefficient (Wildman–Crippen LogP) is 2.50. The summed E-state index contributed by atoms with van der Waals surface area (Å²) in [5, 5.41) is 10.4. The maximum atomic E-state index is 10.4. The Morgan fingerprint density at radius 3 is 3.20 bits per heavy atom. The summed E-state index contributed by atoms with van der Waals surface area (Å²) < 4.78 is 7.60. The first-order chi connectivity index (χ1) is 9.78. The quantitative estimate of drug-likeness (QED) is 0.909. The molecule has 0 amide bonds. The van der Waals surface area contributed by atoms with Gasteiger partial charge in [-0.2, -0.15) is 0 Å². The maximum Gasteiger partial charge on any atom is 0.122 e. The molecule has 0 aliphatic carbocycles. The highest BCUT2D eigenvalue weighted by Crippen LogP contribution is 2.29. The molecule has 0 radical (unpaired) electrons. The van der Waals surface area contributed by atoms with Crippen LogP contribution in [0.15, 0.2) is 30.6 Å². The molecule has 1 aromatic heterocycles. The smallest absolute Gasteiger partial charge is 0.122 e. The fraction of sp³-hybridized carbons (Fsp3) is 0.438. The normalized spacial score (nSPS) is 14.9. The number of rotatable bonds is 5. The standard InChI is InChI=1S/C16H20N2O2/c1-2-7-18-8-6-17-16(18)11-14(19)12-3-4-15-13(10-12)5-9-20-15/h3-4,6,8,10,14,19H,2,5,7,9,11H2,1H3. The molecule has 106 valence electrons. The third-order valence-electron chi connectivity index (χ3n) is 3.74. The van der Waals surface area contributed by atoms with Gasteiger partial charge in [-0.05, 0) is 29.7 Å². The van der Waals surface area contributed by atoms with Crippen LogP contribution in [0.3, 0.4) is 0 Å². The summed E-state index contributed by atoms with van der Waals surface area (Å²) in [7, 11) is 0. The van der Waals surface area contributed by atoms with Gasteiger partial charge in [0, 0.05) is 31.8 Å². The molecule has 1 N–H and O–H groups in total. The van der Waals surface area contributed by atoms with E-state index in [4.69, 9.17) is 4.74 Å². The van der Waals surface area contributed by atoms with Gasteiger partial charge in [0.25, 0.3) is 0 Å². The summed E-state index contributed by atoms with van der Waals surface area (Å²) in [5.41, 5.74) is 2.14. The number of hydrogen-bond acceptors (Lipinski definition) is 3. The summed E-state index contributed by atoms with van der Waals surface area (Å²) in [6.45, 7) is 3.83.